The second kappa shape index (κ2) is 5.03. The fourth-order valence-corrected chi connectivity index (χ4v) is 1.46. The van der Waals surface area contributed by atoms with E-state index in [1.807, 2.05) is 14.1 Å². The van der Waals surface area contributed by atoms with Gasteiger partial charge in [0.05, 0.1) is 0 Å². The molecular formula is C7H18N10. The number of nitrogens with zero attached hydrogens (tertiary/aromatic N) is 5. The molecule has 10 nitrogen and oxygen atoms in total. The van der Waals surface area contributed by atoms with Crippen molar-refractivity contribution in [3.8, 4) is 0 Å². The van der Waals surface area contributed by atoms with Gasteiger partial charge in [-0.25, -0.2) is 16.9 Å². The molecule has 0 spiro atoms. The average molecular weight is 242 g/mol. The molecule has 0 saturated carbocycles. The summed E-state index contributed by atoms with van der Waals surface area (Å²) < 4.78 is 0. The van der Waals surface area contributed by atoms with Crippen molar-refractivity contribution in [2.24, 2.45) is 16.0 Å². The predicted molar refractivity (Wildman–Crippen MR) is 63.1 cm³/mol. The zero-order chi connectivity index (χ0) is 12.3. The van der Waals surface area contributed by atoms with Gasteiger partial charge in [0.15, 0.2) is 0 Å². The topological polar surface area (TPSA) is 109 Å². The zero-order valence-corrected chi connectivity index (χ0v) is 9.93. The van der Waals surface area contributed by atoms with Crippen LogP contribution in [0.25, 0.3) is 0 Å². The number of hydrazone groups is 2. The van der Waals surface area contributed by atoms with Crippen molar-refractivity contribution in [1.29, 1.82) is 0 Å². The van der Waals surface area contributed by atoms with Crippen molar-refractivity contribution >= 4 is 11.8 Å². The standard InChI is InChI=1S/C7H18N10/c1-15-11-6(9-13-15)4-3-5-17(8)7-10-14-16(2)12-7/h13-14H,3-5,8H2,1-2H3,(H,9,11)(H,10,12). The molecule has 0 aromatic heterocycles. The van der Waals surface area contributed by atoms with Crippen molar-refractivity contribution in [3.63, 3.8) is 0 Å². The fourth-order valence-electron chi connectivity index (χ4n) is 1.46. The van der Waals surface area contributed by atoms with Gasteiger partial charge < -0.3 is 0 Å². The number of hydrogen-bond acceptors (Lipinski definition) is 10. The van der Waals surface area contributed by atoms with Gasteiger partial charge in [0.1, 0.15) is 5.84 Å². The first-order chi connectivity index (χ1) is 8.15. The Morgan fingerprint density at radius 2 is 1.88 bits per heavy atom. The van der Waals surface area contributed by atoms with Crippen LogP contribution in [0.3, 0.4) is 0 Å². The van der Waals surface area contributed by atoms with Gasteiger partial charge >= 0.3 is 0 Å². The highest BCUT2D eigenvalue weighted by molar-refractivity contribution is 5.82. The molecule has 17 heavy (non-hydrogen) atoms. The second-order valence-electron chi connectivity index (χ2n) is 3.83. The number of rotatable bonds is 4. The van der Waals surface area contributed by atoms with Crippen LogP contribution in [0, 0.1) is 0 Å². The van der Waals surface area contributed by atoms with E-state index in [1.165, 1.54) is 0 Å². The third-order valence-corrected chi connectivity index (χ3v) is 2.29. The van der Waals surface area contributed by atoms with Crippen LogP contribution in [-0.2, 0) is 0 Å². The highest BCUT2D eigenvalue weighted by atomic mass is 15.9. The third-order valence-electron chi connectivity index (χ3n) is 2.29. The summed E-state index contributed by atoms with van der Waals surface area (Å²) in [5.41, 5.74) is 11.5. The maximum atomic E-state index is 5.84. The smallest absolute Gasteiger partial charge is 0.248 e. The number of hydrazine groups is 5. The molecule has 10 heteroatoms. The number of nitrogens with two attached hydrogens (primary N) is 1. The lowest BCUT2D eigenvalue weighted by molar-refractivity contribution is 0.225. The average Bonchev–Trinajstić information content (AvgIpc) is 2.88. The molecule has 0 aromatic carbocycles. The zero-order valence-electron chi connectivity index (χ0n) is 9.93. The first-order valence-electron chi connectivity index (χ1n) is 5.33. The van der Waals surface area contributed by atoms with Gasteiger partial charge in [-0.2, -0.15) is 0 Å². The quantitative estimate of drug-likeness (QED) is 0.270. The molecule has 0 amide bonds. The molecule has 0 aromatic rings. The number of hydrogen-bond donors (Lipinski definition) is 5. The van der Waals surface area contributed by atoms with Crippen LogP contribution < -0.4 is 27.8 Å². The lowest BCUT2D eigenvalue weighted by atomic mass is 10.3. The summed E-state index contributed by atoms with van der Waals surface area (Å²) >= 11 is 0. The van der Waals surface area contributed by atoms with Crippen molar-refractivity contribution < 1.29 is 0 Å². The van der Waals surface area contributed by atoms with Crippen LogP contribution in [0.15, 0.2) is 10.2 Å². The van der Waals surface area contributed by atoms with E-state index in [9.17, 15) is 0 Å². The van der Waals surface area contributed by atoms with Gasteiger partial charge in [-0.3, -0.25) is 15.9 Å². The number of nitrogens with one attached hydrogen (secondary N) is 4. The summed E-state index contributed by atoms with van der Waals surface area (Å²) in [5, 5.41) is 12.9. The van der Waals surface area contributed by atoms with E-state index in [4.69, 9.17) is 5.84 Å². The maximum absolute atomic E-state index is 5.84. The minimum Gasteiger partial charge on any atom is -0.286 e. The van der Waals surface area contributed by atoms with E-state index in [0.29, 0.717) is 12.5 Å². The predicted octanol–water partition coefficient (Wildman–Crippen LogP) is -2.56. The second-order valence-corrected chi connectivity index (χ2v) is 3.83. The Labute approximate surface area is 99.3 Å². The van der Waals surface area contributed by atoms with Crippen molar-refractivity contribution in [3.05, 3.63) is 0 Å². The minimum atomic E-state index is 0.601. The molecule has 2 aliphatic heterocycles. The Hall–Kier alpha value is -1.78. The summed E-state index contributed by atoms with van der Waals surface area (Å²) in [4.78, 5) is 0. The monoisotopic (exact) mass is 242 g/mol. The molecule has 0 atom stereocenters. The van der Waals surface area contributed by atoms with Crippen LogP contribution in [0.5, 0.6) is 0 Å². The Morgan fingerprint density at radius 1 is 1.18 bits per heavy atom. The van der Waals surface area contributed by atoms with E-state index < -0.39 is 0 Å². The highest BCUT2D eigenvalue weighted by Crippen LogP contribution is 1.97. The fraction of sp³-hybridized carbons (Fsp3) is 0.714. The number of amidine groups is 1. The van der Waals surface area contributed by atoms with Crippen molar-refractivity contribution in [1.82, 2.24) is 37.2 Å². The molecule has 0 fully saturated rings. The third kappa shape index (κ3) is 3.09. The summed E-state index contributed by atoms with van der Waals surface area (Å²) in [7, 11) is 3.66. The molecule has 2 aliphatic rings. The molecule has 0 bridgehead atoms. The molecule has 0 saturated heterocycles. The molecule has 2 heterocycles. The maximum Gasteiger partial charge on any atom is 0.248 e. The van der Waals surface area contributed by atoms with Crippen LogP contribution in [-0.4, -0.2) is 47.7 Å². The van der Waals surface area contributed by atoms with Crippen LogP contribution >= 0.6 is 0 Å². The molecule has 0 radical (unpaired) electrons. The summed E-state index contributed by atoms with van der Waals surface area (Å²) in [6, 6.07) is 0. The van der Waals surface area contributed by atoms with E-state index in [1.54, 1.807) is 15.2 Å². The molecule has 0 unspecified atom stereocenters. The van der Waals surface area contributed by atoms with Crippen LogP contribution in [0.2, 0.25) is 0 Å². The van der Waals surface area contributed by atoms with Gasteiger partial charge in [0.2, 0.25) is 5.96 Å². The van der Waals surface area contributed by atoms with Gasteiger partial charge in [0.25, 0.3) is 0 Å². The van der Waals surface area contributed by atoms with Crippen molar-refractivity contribution in [2.75, 3.05) is 20.6 Å². The van der Waals surface area contributed by atoms with Crippen molar-refractivity contribution in [2.45, 2.75) is 12.8 Å². The Balaban J connectivity index is 1.65. The van der Waals surface area contributed by atoms with Crippen LogP contribution in [0.1, 0.15) is 12.8 Å². The highest BCUT2D eigenvalue weighted by Gasteiger charge is 2.15. The van der Waals surface area contributed by atoms with Gasteiger partial charge in [-0.1, -0.05) is 0 Å². The Bertz CT molecular complexity index is 325. The Kier molecular flexibility index (Phi) is 3.46. The normalized spacial score (nSPS) is 19.9. The molecular weight excluding hydrogens is 224 g/mol. The summed E-state index contributed by atoms with van der Waals surface area (Å²) in [6.45, 7) is 0.686. The largest absolute Gasteiger partial charge is 0.286 e. The summed E-state index contributed by atoms with van der Waals surface area (Å²) in [6.07, 6.45) is 1.70. The van der Waals surface area contributed by atoms with E-state index in [0.717, 1.165) is 18.7 Å². The lowest BCUT2D eigenvalue weighted by Gasteiger charge is -2.18. The molecule has 2 rings (SSSR count). The van der Waals surface area contributed by atoms with Crippen LogP contribution in [0.4, 0.5) is 0 Å². The van der Waals surface area contributed by atoms with Gasteiger partial charge in [0, 0.05) is 27.1 Å². The van der Waals surface area contributed by atoms with E-state index in [2.05, 4.69) is 32.1 Å². The first kappa shape index (κ1) is 11.7. The SMILES string of the molecule is CN1NN=C(CCCN(N)C2=NNN(C)N2)N1. The number of guanidine groups is 1. The lowest BCUT2D eigenvalue weighted by Crippen LogP contribution is -2.48. The molecule has 6 N–H and O–H groups in total. The summed E-state index contributed by atoms with van der Waals surface area (Å²) in [5.74, 6) is 7.34. The van der Waals surface area contributed by atoms with E-state index >= 15 is 0 Å². The molecule has 0 aliphatic carbocycles. The Morgan fingerprint density at radius 3 is 2.47 bits per heavy atom. The minimum absolute atomic E-state index is 0.601. The van der Waals surface area contributed by atoms with Gasteiger partial charge in [-0.05, 0) is 6.42 Å². The van der Waals surface area contributed by atoms with Gasteiger partial charge in [-0.15, -0.1) is 20.4 Å². The van der Waals surface area contributed by atoms with E-state index in [-0.39, 0.29) is 0 Å². The molecule has 96 valence electrons. The first-order valence-corrected chi connectivity index (χ1v) is 5.33.